The molecule has 3 heterocycles. The SMILES string of the molecule is Cc1ccc(NC(=O)[C@@H]2[C@@H](C)Nc3ncnn3[C@H]2c2cccnc2)c(C)c1. The summed E-state index contributed by atoms with van der Waals surface area (Å²) in [5, 5.41) is 10.7. The van der Waals surface area contributed by atoms with Gasteiger partial charge in [0.25, 0.3) is 0 Å². The number of benzene rings is 1. The van der Waals surface area contributed by atoms with Crippen molar-refractivity contribution in [3.8, 4) is 0 Å². The third kappa shape index (κ3) is 3.16. The van der Waals surface area contributed by atoms with Crippen molar-refractivity contribution >= 4 is 17.5 Å². The Balaban J connectivity index is 1.71. The van der Waals surface area contributed by atoms with Gasteiger partial charge in [-0.05, 0) is 44.0 Å². The maximum absolute atomic E-state index is 13.3. The number of aryl methyl sites for hydroxylation is 2. The van der Waals surface area contributed by atoms with E-state index >= 15 is 0 Å². The van der Waals surface area contributed by atoms with Crippen molar-refractivity contribution in [1.29, 1.82) is 0 Å². The zero-order valence-electron chi connectivity index (χ0n) is 15.5. The monoisotopic (exact) mass is 362 g/mol. The molecule has 3 atom stereocenters. The molecule has 0 saturated heterocycles. The summed E-state index contributed by atoms with van der Waals surface area (Å²) >= 11 is 0. The number of hydrogen-bond acceptors (Lipinski definition) is 5. The van der Waals surface area contributed by atoms with Gasteiger partial charge < -0.3 is 10.6 Å². The molecule has 1 aliphatic rings. The Labute approximate surface area is 157 Å². The van der Waals surface area contributed by atoms with Crippen molar-refractivity contribution in [2.75, 3.05) is 10.6 Å². The molecule has 7 nitrogen and oxygen atoms in total. The van der Waals surface area contributed by atoms with Gasteiger partial charge in [0.1, 0.15) is 6.33 Å². The largest absolute Gasteiger partial charge is 0.351 e. The molecule has 0 saturated carbocycles. The van der Waals surface area contributed by atoms with E-state index in [1.807, 2.05) is 45.0 Å². The van der Waals surface area contributed by atoms with Gasteiger partial charge in [0.2, 0.25) is 11.9 Å². The minimum Gasteiger partial charge on any atom is -0.351 e. The fourth-order valence-electron chi connectivity index (χ4n) is 3.72. The molecule has 0 fully saturated rings. The number of anilines is 2. The van der Waals surface area contributed by atoms with E-state index in [2.05, 4.69) is 31.8 Å². The first-order valence-electron chi connectivity index (χ1n) is 8.98. The first-order valence-corrected chi connectivity index (χ1v) is 8.98. The van der Waals surface area contributed by atoms with Gasteiger partial charge in [0.15, 0.2) is 0 Å². The number of nitrogens with one attached hydrogen (secondary N) is 2. The molecule has 4 rings (SSSR count). The minimum atomic E-state index is -0.371. The Bertz CT molecular complexity index is 968. The summed E-state index contributed by atoms with van der Waals surface area (Å²) in [6, 6.07) is 9.46. The van der Waals surface area contributed by atoms with Gasteiger partial charge in [-0.3, -0.25) is 9.78 Å². The molecule has 2 aromatic heterocycles. The predicted molar refractivity (Wildman–Crippen MR) is 104 cm³/mol. The second kappa shape index (κ2) is 6.83. The van der Waals surface area contributed by atoms with Gasteiger partial charge >= 0.3 is 0 Å². The summed E-state index contributed by atoms with van der Waals surface area (Å²) in [6.45, 7) is 6.03. The number of hydrogen-bond donors (Lipinski definition) is 2. The Morgan fingerprint density at radius 3 is 2.85 bits per heavy atom. The van der Waals surface area contributed by atoms with E-state index in [0.717, 1.165) is 16.8 Å². The summed E-state index contributed by atoms with van der Waals surface area (Å²) < 4.78 is 1.77. The Morgan fingerprint density at radius 2 is 2.11 bits per heavy atom. The number of rotatable bonds is 3. The topological polar surface area (TPSA) is 84.7 Å². The Hall–Kier alpha value is -3.22. The smallest absolute Gasteiger partial charge is 0.232 e. The van der Waals surface area contributed by atoms with E-state index < -0.39 is 0 Å². The summed E-state index contributed by atoms with van der Waals surface area (Å²) in [5.74, 6) is 0.230. The van der Waals surface area contributed by atoms with Crippen LogP contribution in [0.25, 0.3) is 0 Å². The number of pyridine rings is 1. The number of nitrogens with zero attached hydrogens (tertiary/aromatic N) is 4. The molecule has 1 aliphatic heterocycles. The highest BCUT2D eigenvalue weighted by Gasteiger charge is 2.41. The number of fused-ring (bicyclic) bond motifs is 1. The average Bonchev–Trinajstić information content (AvgIpc) is 3.11. The Morgan fingerprint density at radius 1 is 1.26 bits per heavy atom. The quantitative estimate of drug-likeness (QED) is 0.748. The first-order chi connectivity index (χ1) is 13.0. The molecule has 0 unspecified atom stereocenters. The van der Waals surface area contributed by atoms with Crippen molar-refractivity contribution in [2.24, 2.45) is 5.92 Å². The van der Waals surface area contributed by atoms with Crippen molar-refractivity contribution < 1.29 is 4.79 Å². The summed E-state index contributed by atoms with van der Waals surface area (Å²) in [4.78, 5) is 21.8. The van der Waals surface area contributed by atoms with E-state index in [-0.39, 0.29) is 23.9 Å². The zero-order valence-corrected chi connectivity index (χ0v) is 15.5. The van der Waals surface area contributed by atoms with Crippen molar-refractivity contribution in [1.82, 2.24) is 19.7 Å². The lowest BCUT2D eigenvalue weighted by Crippen LogP contribution is -2.46. The van der Waals surface area contributed by atoms with Crippen molar-refractivity contribution in [3.63, 3.8) is 0 Å². The van der Waals surface area contributed by atoms with Crippen LogP contribution < -0.4 is 10.6 Å². The van der Waals surface area contributed by atoms with Gasteiger partial charge in [-0.1, -0.05) is 23.8 Å². The van der Waals surface area contributed by atoms with Gasteiger partial charge in [-0.25, -0.2) is 4.68 Å². The van der Waals surface area contributed by atoms with Crippen LogP contribution in [0.1, 0.15) is 29.7 Å². The maximum Gasteiger partial charge on any atom is 0.232 e. The number of carbonyl (C=O) groups is 1. The summed E-state index contributed by atoms with van der Waals surface area (Å²) in [6.07, 6.45) is 5.01. The van der Waals surface area contributed by atoms with E-state index in [1.54, 1.807) is 17.1 Å². The van der Waals surface area contributed by atoms with Crippen LogP contribution in [-0.4, -0.2) is 31.7 Å². The number of aromatic nitrogens is 4. The number of carbonyl (C=O) groups excluding carboxylic acids is 1. The fourth-order valence-corrected chi connectivity index (χ4v) is 3.72. The highest BCUT2D eigenvalue weighted by molar-refractivity contribution is 5.94. The second-order valence-corrected chi connectivity index (χ2v) is 7.03. The van der Waals surface area contributed by atoms with Crippen LogP contribution >= 0.6 is 0 Å². The van der Waals surface area contributed by atoms with Gasteiger partial charge in [0.05, 0.1) is 12.0 Å². The second-order valence-electron chi connectivity index (χ2n) is 7.03. The highest BCUT2D eigenvalue weighted by atomic mass is 16.2. The van der Waals surface area contributed by atoms with Crippen molar-refractivity contribution in [3.05, 3.63) is 65.7 Å². The molecule has 0 radical (unpaired) electrons. The molecule has 0 spiro atoms. The molecule has 7 heteroatoms. The molecule has 138 valence electrons. The molecule has 0 bridgehead atoms. The van der Waals surface area contributed by atoms with Gasteiger partial charge in [-0.15, -0.1) is 0 Å². The van der Waals surface area contributed by atoms with Crippen LogP contribution in [0.15, 0.2) is 49.1 Å². The molecule has 1 aromatic carbocycles. The van der Waals surface area contributed by atoms with Crippen LogP contribution in [0, 0.1) is 19.8 Å². The maximum atomic E-state index is 13.3. The molecule has 27 heavy (non-hydrogen) atoms. The van der Waals surface area contributed by atoms with E-state index in [9.17, 15) is 4.79 Å². The lowest BCUT2D eigenvalue weighted by Gasteiger charge is -2.36. The molecular weight excluding hydrogens is 340 g/mol. The van der Waals surface area contributed by atoms with E-state index in [4.69, 9.17) is 0 Å². The predicted octanol–water partition coefficient (Wildman–Crippen LogP) is 2.95. The summed E-state index contributed by atoms with van der Waals surface area (Å²) in [5.41, 5.74) is 3.96. The van der Waals surface area contributed by atoms with Gasteiger partial charge in [-0.2, -0.15) is 10.1 Å². The normalized spacial score (nSPS) is 21.2. The van der Waals surface area contributed by atoms with Crippen molar-refractivity contribution in [2.45, 2.75) is 32.9 Å². The third-order valence-corrected chi connectivity index (χ3v) is 5.04. The zero-order chi connectivity index (χ0) is 19.0. The van der Waals surface area contributed by atoms with E-state index in [1.165, 1.54) is 11.9 Å². The lowest BCUT2D eigenvalue weighted by atomic mass is 9.86. The average molecular weight is 362 g/mol. The standard InChI is InChI=1S/C20H22N6O/c1-12-6-7-16(13(2)9-12)25-19(27)17-14(3)24-20-22-11-23-26(20)18(17)15-5-4-8-21-10-15/h4-11,14,17-18H,1-3H3,(H,25,27)(H,22,23,24)/t14-,17-,18+/m1/s1. The van der Waals surface area contributed by atoms with Crippen LogP contribution in [0.4, 0.5) is 11.6 Å². The minimum absolute atomic E-state index is 0.0584. The van der Waals surface area contributed by atoms with Gasteiger partial charge in [0, 0.05) is 24.1 Å². The molecule has 1 amide bonds. The lowest BCUT2D eigenvalue weighted by molar-refractivity contribution is -0.121. The highest BCUT2D eigenvalue weighted by Crippen LogP contribution is 2.36. The molecular formula is C20H22N6O. The van der Waals surface area contributed by atoms with Crippen LogP contribution in [0.2, 0.25) is 0 Å². The fraction of sp³-hybridized carbons (Fsp3) is 0.300. The van der Waals surface area contributed by atoms with Crippen LogP contribution in [0.5, 0.6) is 0 Å². The van der Waals surface area contributed by atoms with Crippen LogP contribution in [-0.2, 0) is 4.79 Å². The molecule has 2 N–H and O–H groups in total. The Kier molecular flexibility index (Phi) is 4.35. The van der Waals surface area contributed by atoms with E-state index in [0.29, 0.717) is 5.95 Å². The first kappa shape index (κ1) is 17.2. The van der Waals surface area contributed by atoms with Crippen LogP contribution in [0.3, 0.4) is 0 Å². The molecule has 3 aromatic rings. The molecule has 0 aliphatic carbocycles. The summed E-state index contributed by atoms with van der Waals surface area (Å²) in [7, 11) is 0. The third-order valence-electron chi connectivity index (χ3n) is 5.04. The number of amides is 1.